The zero-order valence-corrected chi connectivity index (χ0v) is 11.5. The summed E-state index contributed by atoms with van der Waals surface area (Å²) < 4.78 is 22.8. The summed E-state index contributed by atoms with van der Waals surface area (Å²) in [7, 11) is -3.13. The van der Waals surface area contributed by atoms with Gasteiger partial charge in [-0.2, -0.15) is 0 Å². The van der Waals surface area contributed by atoms with Crippen molar-refractivity contribution < 1.29 is 18.6 Å². The number of sulfone groups is 1. The van der Waals surface area contributed by atoms with Crippen LogP contribution in [-0.4, -0.2) is 54.9 Å². The van der Waals surface area contributed by atoms with Crippen molar-refractivity contribution in [3.8, 4) is 0 Å². The molecule has 1 heterocycles. The Morgan fingerprint density at radius 1 is 1.35 bits per heavy atom. The molecule has 0 radical (unpaired) electrons. The van der Waals surface area contributed by atoms with Gasteiger partial charge >= 0.3 is 0 Å². The fourth-order valence-corrected chi connectivity index (χ4v) is 3.90. The van der Waals surface area contributed by atoms with Crippen molar-refractivity contribution in [2.45, 2.75) is 45.4 Å². The van der Waals surface area contributed by atoms with E-state index >= 15 is 0 Å². The first-order valence-electron chi connectivity index (χ1n) is 5.91. The first-order valence-corrected chi connectivity index (χ1v) is 7.73. The largest absolute Gasteiger partial charge is 0.396 e. The van der Waals surface area contributed by atoms with Gasteiger partial charge in [0, 0.05) is 18.7 Å². The second-order valence-corrected chi connectivity index (χ2v) is 8.00. The molecule has 0 aromatic rings. The summed E-state index contributed by atoms with van der Waals surface area (Å²) in [5, 5.41) is 21.9. The van der Waals surface area contributed by atoms with Gasteiger partial charge in [0.2, 0.25) is 0 Å². The molecule has 0 spiro atoms. The van der Waals surface area contributed by atoms with E-state index in [1.54, 1.807) is 0 Å². The topological polar surface area (TPSA) is 86.6 Å². The van der Waals surface area contributed by atoms with E-state index in [9.17, 15) is 13.5 Å². The van der Waals surface area contributed by atoms with E-state index in [1.165, 1.54) is 0 Å². The van der Waals surface area contributed by atoms with E-state index in [-0.39, 0.29) is 29.6 Å². The molecule has 3 unspecified atom stereocenters. The molecule has 1 aliphatic heterocycles. The highest BCUT2D eigenvalue weighted by Crippen LogP contribution is 2.24. The molecule has 0 amide bonds. The minimum Gasteiger partial charge on any atom is -0.396 e. The molecule has 0 bridgehead atoms. The average Bonchev–Trinajstić information content (AvgIpc) is 2.37. The lowest BCUT2D eigenvalue weighted by Gasteiger charge is -2.34. The SMILES string of the molecule is CC(C)(C)C(CCO)NC1CS(=O)(=O)CC1O. The summed E-state index contributed by atoms with van der Waals surface area (Å²) >= 11 is 0. The van der Waals surface area contributed by atoms with Gasteiger partial charge in [-0.15, -0.1) is 0 Å². The van der Waals surface area contributed by atoms with E-state index < -0.39 is 22.0 Å². The van der Waals surface area contributed by atoms with Crippen LogP contribution < -0.4 is 5.32 Å². The van der Waals surface area contributed by atoms with E-state index in [4.69, 9.17) is 5.11 Å². The van der Waals surface area contributed by atoms with Crippen LogP contribution in [0.15, 0.2) is 0 Å². The van der Waals surface area contributed by atoms with Crippen molar-refractivity contribution >= 4 is 9.84 Å². The van der Waals surface area contributed by atoms with Crippen molar-refractivity contribution in [3.05, 3.63) is 0 Å². The number of aliphatic hydroxyl groups is 2. The van der Waals surface area contributed by atoms with Crippen molar-refractivity contribution in [1.29, 1.82) is 0 Å². The molecule has 0 aromatic carbocycles. The zero-order valence-electron chi connectivity index (χ0n) is 10.7. The van der Waals surface area contributed by atoms with E-state index in [0.717, 1.165) is 0 Å². The lowest BCUT2D eigenvalue weighted by molar-refractivity contribution is 0.127. The Bertz CT molecular complexity index is 347. The molecule has 0 aliphatic carbocycles. The lowest BCUT2D eigenvalue weighted by atomic mass is 9.84. The van der Waals surface area contributed by atoms with Crippen LogP contribution in [0.4, 0.5) is 0 Å². The first kappa shape index (κ1) is 14.9. The standard InChI is InChI=1S/C11H23NO4S/c1-11(2,3)10(4-5-13)12-8-6-17(15,16)7-9(8)14/h8-10,12-14H,4-7H2,1-3H3. The highest BCUT2D eigenvalue weighted by molar-refractivity contribution is 7.91. The third-order valence-electron chi connectivity index (χ3n) is 3.20. The van der Waals surface area contributed by atoms with Crippen molar-refractivity contribution in [2.75, 3.05) is 18.1 Å². The van der Waals surface area contributed by atoms with Gasteiger partial charge in [0.25, 0.3) is 0 Å². The Kier molecular flexibility index (Phi) is 4.57. The molecule has 1 aliphatic rings. The molecular weight excluding hydrogens is 242 g/mol. The highest BCUT2D eigenvalue weighted by atomic mass is 32.2. The molecule has 1 fully saturated rings. The normalized spacial score (nSPS) is 30.4. The van der Waals surface area contributed by atoms with Crippen molar-refractivity contribution in [1.82, 2.24) is 5.32 Å². The number of hydrogen-bond donors (Lipinski definition) is 3. The number of nitrogens with one attached hydrogen (secondary N) is 1. The minimum absolute atomic E-state index is 0.0135. The number of aliphatic hydroxyl groups excluding tert-OH is 2. The van der Waals surface area contributed by atoms with Crippen molar-refractivity contribution in [3.63, 3.8) is 0 Å². The van der Waals surface area contributed by atoms with Gasteiger partial charge < -0.3 is 15.5 Å². The summed E-state index contributed by atoms with van der Waals surface area (Å²) in [6.45, 7) is 6.12. The third kappa shape index (κ3) is 4.21. The molecule has 6 heteroatoms. The second kappa shape index (κ2) is 5.22. The third-order valence-corrected chi connectivity index (χ3v) is 4.92. The summed E-state index contributed by atoms with van der Waals surface area (Å²) in [6.07, 6.45) is -0.296. The fourth-order valence-electron chi connectivity index (χ4n) is 2.14. The predicted molar refractivity (Wildman–Crippen MR) is 66.5 cm³/mol. The Balaban J connectivity index is 2.69. The fraction of sp³-hybridized carbons (Fsp3) is 1.00. The van der Waals surface area contributed by atoms with Crippen LogP contribution in [0.2, 0.25) is 0 Å². The van der Waals surface area contributed by atoms with Gasteiger partial charge in [0.05, 0.1) is 17.6 Å². The predicted octanol–water partition coefficient (Wildman–Crippen LogP) is -0.469. The molecule has 1 saturated heterocycles. The lowest BCUT2D eigenvalue weighted by Crippen LogP contribution is -2.50. The van der Waals surface area contributed by atoms with Gasteiger partial charge in [0.15, 0.2) is 9.84 Å². The van der Waals surface area contributed by atoms with E-state index in [1.807, 2.05) is 20.8 Å². The van der Waals surface area contributed by atoms with Crippen LogP contribution in [0.3, 0.4) is 0 Å². The van der Waals surface area contributed by atoms with E-state index in [0.29, 0.717) is 6.42 Å². The molecule has 5 nitrogen and oxygen atoms in total. The molecule has 0 aromatic heterocycles. The first-order chi connectivity index (χ1) is 7.65. The van der Waals surface area contributed by atoms with Crippen LogP contribution in [0, 0.1) is 5.41 Å². The maximum absolute atomic E-state index is 11.4. The Morgan fingerprint density at radius 2 is 1.94 bits per heavy atom. The summed E-state index contributed by atoms with van der Waals surface area (Å²) in [4.78, 5) is 0. The van der Waals surface area contributed by atoms with E-state index in [2.05, 4.69) is 5.32 Å². The summed E-state index contributed by atoms with van der Waals surface area (Å²) in [6, 6.07) is -0.434. The Hall–Kier alpha value is -0.170. The second-order valence-electron chi connectivity index (χ2n) is 5.85. The maximum atomic E-state index is 11.4. The van der Waals surface area contributed by atoms with Crippen LogP contribution in [0.5, 0.6) is 0 Å². The average molecular weight is 265 g/mol. The van der Waals surface area contributed by atoms with Gasteiger partial charge in [-0.05, 0) is 11.8 Å². The van der Waals surface area contributed by atoms with Gasteiger partial charge in [-0.3, -0.25) is 0 Å². The minimum atomic E-state index is -3.13. The number of rotatable bonds is 4. The Labute approximate surface area is 103 Å². The quantitative estimate of drug-likeness (QED) is 0.640. The van der Waals surface area contributed by atoms with Crippen molar-refractivity contribution in [2.24, 2.45) is 5.41 Å². The van der Waals surface area contributed by atoms with Crippen LogP contribution in [0.25, 0.3) is 0 Å². The molecular formula is C11H23NO4S. The summed E-state index contributed by atoms with van der Waals surface area (Å²) in [5.74, 6) is -0.188. The van der Waals surface area contributed by atoms with Gasteiger partial charge in [0.1, 0.15) is 0 Å². The molecule has 3 atom stereocenters. The van der Waals surface area contributed by atoms with Crippen LogP contribution >= 0.6 is 0 Å². The molecule has 102 valence electrons. The highest BCUT2D eigenvalue weighted by Gasteiger charge is 2.39. The molecule has 17 heavy (non-hydrogen) atoms. The van der Waals surface area contributed by atoms with Crippen LogP contribution in [0.1, 0.15) is 27.2 Å². The van der Waals surface area contributed by atoms with Gasteiger partial charge in [-0.1, -0.05) is 20.8 Å². The molecule has 1 rings (SSSR count). The summed E-state index contributed by atoms with van der Waals surface area (Å²) in [5.41, 5.74) is -0.0885. The smallest absolute Gasteiger partial charge is 0.154 e. The number of hydrogen-bond acceptors (Lipinski definition) is 5. The monoisotopic (exact) mass is 265 g/mol. The zero-order chi connectivity index (χ0) is 13.3. The maximum Gasteiger partial charge on any atom is 0.154 e. The van der Waals surface area contributed by atoms with Crippen LogP contribution in [-0.2, 0) is 9.84 Å². The van der Waals surface area contributed by atoms with Gasteiger partial charge in [-0.25, -0.2) is 8.42 Å². The molecule has 3 N–H and O–H groups in total. The molecule has 0 saturated carbocycles. The Morgan fingerprint density at radius 3 is 2.29 bits per heavy atom.